The van der Waals surface area contributed by atoms with E-state index in [1.54, 1.807) is 27.0 Å². The van der Waals surface area contributed by atoms with Crippen molar-refractivity contribution in [2.24, 2.45) is 5.41 Å². The van der Waals surface area contributed by atoms with Gasteiger partial charge in [-0.2, -0.15) is 0 Å². The lowest BCUT2D eigenvalue weighted by Gasteiger charge is -2.45. The number of aromatic nitrogens is 3. The maximum Gasteiger partial charge on any atom is 0.169 e. The molecule has 9 heteroatoms. The van der Waals surface area contributed by atoms with E-state index in [2.05, 4.69) is 10.3 Å². The van der Waals surface area contributed by atoms with Crippen molar-refractivity contribution in [2.45, 2.75) is 63.9 Å². The van der Waals surface area contributed by atoms with Crippen LogP contribution in [0.5, 0.6) is 0 Å². The summed E-state index contributed by atoms with van der Waals surface area (Å²) in [5.41, 5.74) is 1.44. The molecule has 2 aromatic carbocycles. The van der Waals surface area contributed by atoms with Crippen molar-refractivity contribution in [3.63, 3.8) is 0 Å². The van der Waals surface area contributed by atoms with E-state index in [1.165, 1.54) is 4.68 Å². The van der Waals surface area contributed by atoms with Gasteiger partial charge in [0.05, 0.1) is 19.4 Å². The molecule has 1 aromatic heterocycles. The quantitative estimate of drug-likeness (QED) is 0.434. The molecule has 36 heavy (non-hydrogen) atoms. The Hall–Kier alpha value is -2.95. The van der Waals surface area contributed by atoms with Gasteiger partial charge in [-0.15, -0.1) is 5.10 Å². The van der Waals surface area contributed by atoms with E-state index in [4.69, 9.17) is 9.47 Å². The molecule has 1 saturated heterocycles. The summed E-state index contributed by atoms with van der Waals surface area (Å²) < 4.78 is 13.3. The van der Waals surface area contributed by atoms with Crippen molar-refractivity contribution in [2.75, 3.05) is 6.61 Å². The van der Waals surface area contributed by atoms with Crippen LogP contribution in [-0.2, 0) is 20.9 Å². The highest BCUT2D eigenvalue weighted by Gasteiger charge is 2.51. The summed E-state index contributed by atoms with van der Waals surface area (Å²) in [5.74, 6) is -0.266. The van der Waals surface area contributed by atoms with Gasteiger partial charge in [0.25, 0.3) is 0 Å². The van der Waals surface area contributed by atoms with Gasteiger partial charge in [-0.25, -0.2) is 4.68 Å². The summed E-state index contributed by atoms with van der Waals surface area (Å²) in [6.07, 6.45) is -4.43. The highest BCUT2D eigenvalue weighted by molar-refractivity contribution is 5.88. The lowest BCUT2D eigenvalue weighted by molar-refractivity contribution is -0.236. The standard InChI is InChI=1S/C27H33N3O6/c1-27(2,3)26(34)25(35-16-17-10-6-4-7-11-17)24-23(33)21(22(32)20(15-31)36-24)30-14-19(28-29-30)18-12-8-5-9-13-18/h4-14,20-25,31-33H,15-16H2,1-3H3/t20?,21-,22-,23?,24+,25-/m0/s1. The fourth-order valence-electron chi connectivity index (χ4n) is 4.36. The maximum atomic E-state index is 13.5. The number of aliphatic hydroxyl groups is 3. The molecule has 1 fully saturated rings. The highest BCUT2D eigenvalue weighted by atomic mass is 16.6. The van der Waals surface area contributed by atoms with Crippen LogP contribution in [0.25, 0.3) is 11.3 Å². The molecule has 0 amide bonds. The van der Waals surface area contributed by atoms with Crippen LogP contribution in [0.2, 0.25) is 0 Å². The molecule has 192 valence electrons. The third-order valence-corrected chi connectivity index (χ3v) is 6.38. The van der Waals surface area contributed by atoms with Crippen LogP contribution in [0.3, 0.4) is 0 Å². The third-order valence-electron chi connectivity index (χ3n) is 6.38. The van der Waals surface area contributed by atoms with Crippen LogP contribution in [0, 0.1) is 5.41 Å². The van der Waals surface area contributed by atoms with Gasteiger partial charge in [0.2, 0.25) is 0 Å². The van der Waals surface area contributed by atoms with E-state index in [0.717, 1.165) is 11.1 Å². The van der Waals surface area contributed by atoms with Crippen LogP contribution in [0.4, 0.5) is 0 Å². The topological polar surface area (TPSA) is 127 Å². The monoisotopic (exact) mass is 495 g/mol. The Morgan fingerprint density at radius 2 is 1.69 bits per heavy atom. The van der Waals surface area contributed by atoms with E-state index in [-0.39, 0.29) is 12.4 Å². The SMILES string of the molecule is CC(C)(C)C(=O)[C@@H](OCc1ccccc1)[C@@H]1OC(CO)[C@H](O)[C@H](n2cc(-c3ccccc3)nn2)C1O. The van der Waals surface area contributed by atoms with Crippen molar-refractivity contribution < 1.29 is 29.6 Å². The molecular formula is C27H33N3O6. The van der Waals surface area contributed by atoms with Crippen molar-refractivity contribution >= 4 is 5.78 Å². The number of nitrogens with zero attached hydrogens (tertiary/aromatic N) is 3. The average molecular weight is 496 g/mol. The van der Waals surface area contributed by atoms with Gasteiger partial charge in [-0.1, -0.05) is 86.6 Å². The van der Waals surface area contributed by atoms with E-state index in [9.17, 15) is 20.1 Å². The van der Waals surface area contributed by atoms with Crippen LogP contribution in [0.1, 0.15) is 32.4 Å². The van der Waals surface area contributed by atoms with Crippen molar-refractivity contribution in [3.8, 4) is 11.3 Å². The zero-order valence-corrected chi connectivity index (χ0v) is 20.6. The molecule has 0 saturated carbocycles. The van der Waals surface area contributed by atoms with Gasteiger partial charge in [-0.3, -0.25) is 4.79 Å². The number of ether oxygens (including phenoxy) is 2. The molecule has 3 N–H and O–H groups in total. The number of Topliss-reactive ketones (excluding diaryl/α,β-unsaturated/α-hetero) is 1. The zero-order chi connectivity index (χ0) is 25.9. The minimum Gasteiger partial charge on any atom is -0.394 e. The summed E-state index contributed by atoms with van der Waals surface area (Å²) >= 11 is 0. The van der Waals surface area contributed by atoms with E-state index < -0.39 is 48.6 Å². The van der Waals surface area contributed by atoms with Crippen LogP contribution in [-0.4, -0.2) is 73.2 Å². The van der Waals surface area contributed by atoms with Crippen molar-refractivity contribution in [1.82, 2.24) is 15.0 Å². The molecule has 6 atom stereocenters. The molecule has 2 heterocycles. The third kappa shape index (κ3) is 5.55. The number of benzene rings is 2. The summed E-state index contributed by atoms with van der Waals surface area (Å²) in [6, 6.07) is 17.7. The predicted molar refractivity (Wildman–Crippen MR) is 132 cm³/mol. The van der Waals surface area contributed by atoms with Gasteiger partial charge in [0.15, 0.2) is 5.78 Å². The highest BCUT2D eigenvalue weighted by Crippen LogP contribution is 2.35. The molecule has 4 rings (SSSR count). The predicted octanol–water partition coefficient (Wildman–Crippen LogP) is 2.17. The minimum atomic E-state index is -1.37. The first-order chi connectivity index (χ1) is 17.2. The van der Waals surface area contributed by atoms with Crippen molar-refractivity contribution in [3.05, 3.63) is 72.4 Å². The Bertz CT molecular complexity index is 1130. The fourth-order valence-corrected chi connectivity index (χ4v) is 4.36. The molecule has 0 spiro atoms. The Morgan fingerprint density at radius 3 is 2.31 bits per heavy atom. The number of carbonyl (C=O) groups excluding carboxylic acids is 1. The summed E-state index contributed by atoms with van der Waals surface area (Å²) in [6.45, 7) is 4.91. The first kappa shape index (κ1) is 26.1. The average Bonchev–Trinajstić information content (AvgIpc) is 3.35. The second kappa shape index (κ2) is 11.0. The van der Waals surface area contributed by atoms with Gasteiger partial charge in [-0.05, 0) is 5.56 Å². The molecule has 0 aliphatic carbocycles. The van der Waals surface area contributed by atoms with E-state index >= 15 is 0 Å². The van der Waals surface area contributed by atoms with Gasteiger partial charge < -0.3 is 24.8 Å². The fraction of sp³-hybridized carbons (Fsp3) is 0.444. The van der Waals surface area contributed by atoms with E-state index in [1.807, 2.05) is 60.7 Å². The minimum absolute atomic E-state index is 0.123. The van der Waals surface area contributed by atoms with Crippen molar-refractivity contribution in [1.29, 1.82) is 0 Å². The second-order valence-corrected chi connectivity index (χ2v) is 10.1. The number of rotatable bonds is 8. The zero-order valence-electron chi connectivity index (χ0n) is 20.6. The Morgan fingerprint density at radius 1 is 1.06 bits per heavy atom. The molecule has 0 radical (unpaired) electrons. The molecule has 1 aliphatic rings. The smallest absolute Gasteiger partial charge is 0.169 e. The summed E-state index contributed by atoms with van der Waals surface area (Å²) in [7, 11) is 0. The first-order valence-corrected chi connectivity index (χ1v) is 12.0. The molecular weight excluding hydrogens is 462 g/mol. The Labute approximate surface area is 210 Å². The number of aliphatic hydroxyl groups excluding tert-OH is 3. The Balaban J connectivity index is 1.66. The number of carbonyl (C=O) groups is 1. The first-order valence-electron chi connectivity index (χ1n) is 12.0. The normalized spacial score (nSPS) is 25.4. The van der Waals surface area contributed by atoms with Gasteiger partial charge >= 0.3 is 0 Å². The molecule has 9 nitrogen and oxygen atoms in total. The van der Waals surface area contributed by atoms with Crippen LogP contribution in [0.15, 0.2) is 66.9 Å². The molecule has 2 unspecified atom stereocenters. The molecule has 3 aromatic rings. The van der Waals surface area contributed by atoms with Gasteiger partial charge in [0, 0.05) is 11.0 Å². The van der Waals surface area contributed by atoms with Crippen LogP contribution >= 0.6 is 0 Å². The lowest BCUT2D eigenvalue weighted by Crippen LogP contribution is -2.61. The number of hydrogen-bond donors (Lipinski definition) is 3. The maximum absolute atomic E-state index is 13.5. The van der Waals surface area contributed by atoms with Crippen LogP contribution < -0.4 is 0 Å². The summed E-state index contributed by atoms with van der Waals surface area (Å²) in [4.78, 5) is 13.5. The summed E-state index contributed by atoms with van der Waals surface area (Å²) in [5, 5.41) is 40.7. The van der Waals surface area contributed by atoms with Gasteiger partial charge in [0.1, 0.15) is 42.3 Å². The molecule has 1 aliphatic heterocycles. The second-order valence-electron chi connectivity index (χ2n) is 10.1. The molecule has 0 bridgehead atoms. The number of hydrogen-bond acceptors (Lipinski definition) is 8. The Kier molecular flexibility index (Phi) is 7.97. The lowest BCUT2D eigenvalue weighted by atomic mass is 9.81. The number of ketones is 1. The largest absolute Gasteiger partial charge is 0.394 e. The van der Waals surface area contributed by atoms with E-state index in [0.29, 0.717) is 5.69 Å².